The average molecular weight is 256 g/mol. The zero-order valence-electron chi connectivity index (χ0n) is 9.33. The van der Waals surface area contributed by atoms with Crippen LogP contribution in [0.2, 0.25) is 5.02 Å². The molecule has 4 heteroatoms. The smallest absolute Gasteiger partial charge is 0.228 e. The summed E-state index contributed by atoms with van der Waals surface area (Å²) in [6, 6.07) is 3.93. The monoisotopic (exact) mass is 255 g/mol. The van der Waals surface area contributed by atoms with Crippen molar-refractivity contribution in [2.75, 3.05) is 11.4 Å². The van der Waals surface area contributed by atoms with E-state index in [9.17, 15) is 4.79 Å². The Bertz CT molecular complexity index is 424. The van der Waals surface area contributed by atoms with Gasteiger partial charge in [-0.1, -0.05) is 17.7 Å². The van der Waals surface area contributed by atoms with E-state index >= 15 is 0 Å². The van der Waals surface area contributed by atoms with Gasteiger partial charge in [-0.3, -0.25) is 4.79 Å². The lowest BCUT2D eigenvalue weighted by Gasteiger charge is -2.20. The molecule has 0 aliphatic carbocycles. The Labute approximate surface area is 106 Å². The second-order valence-electron chi connectivity index (χ2n) is 4.27. The SMILES string of the molecule is Cc1cc(C)c(N2CC(S)CC2=O)c(Cl)c1. The number of nitrogens with zero attached hydrogens (tertiary/aromatic N) is 1. The Balaban J connectivity index is 2.44. The number of anilines is 1. The molecular formula is C12H14ClNOS. The molecule has 0 N–H and O–H groups in total. The van der Waals surface area contributed by atoms with E-state index in [1.54, 1.807) is 4.90 Å². The first-order valence-corrected chi connectivity index (χ1v) is 6.13. The minimum Gasteiger partial charge on any atom is -0.310 e. The molecule has 1 aromatic carbocycles. The predicted molar refractivity (Wildman–Crippen MR) is 70.7 cm³/mol. The average Bonchev–Trinajstić information content (AvgIpc) is 2.43. The van der Waals surface area contributed by atoms with Crippen LogP contribution in [0.15, 0.2) is 12.1 Å². The summed E-state index contributed by atoms with van der Waals surface area (Å²) in [7, 11) is 0. The van der Waals surface area contributed by atoms with E-state index in [-0.39, 0.29) is 11.2 Å². The molecule has 0 radical (unpaired) electrons. The Morgan fingerprint density at radius 3 is 2.62 bits per heavy atom. The van der Waals surface area contributed by atoms with Crippen LogP contribution in [0.1, 0.15) is 17.5 Å². The standard InChI is InChI=1S/C12H14ClNOS/c1-7-3-8(2)12(10(13)4-7)14-6-9(16)5-11(14)15/h3-4,9,16H,5-6H2,1-2H3. The van der Waals surface area contributed by atoms with Crippen molar-refractivity contribution in [3.05, 3.63) is 28.3 Å². The highest BCUT2D eigenvalue weighted by Gasteiger charge is 2.30. The zero-order valence-corrected chi connectivity index (χ0v) is 11.0. The van der Waals surface area contributed by atoms with Crippen molar-refractivity contribution < 1.29 is 4.79 Å². The molecule has 86 valence electrons. The fourth-order valence-electron chi connectivity index (χ4n) is 2.15. The number of aryl methyl sites for hydroxylation is 2. The molecule has 1 fully saturated rings. The third-order valence-electron chi connectivity index (χ3n) is 2.77. The molecule has 1 heterocycles. The number of carbonyl (C=O) groups excluding carboxylic acids is 1. The Morgan fingerprint density at radius 1 is 1.44 bits per heavy atom. The first kappa shape index (κ1) is 11.8. The molecule has 0 spiro atoms. The van der Waals surface area contributed by atoms with E-state index in [4.69, 9.17) is 11.6 Å². The summed E-state index contributed by atoms with van der Waals surface area (Å²) in [5.74, 6) is 0.105. The Hall–Kier alpha value is -0.670. The van der Waals surface area contributed by atoms with Crippen molar-refractivity contribution in [2.45, 2.75) is 25.5 Å². The molecular weight excluding hydrogens is 242 g/mol. The molecule has 1 aliphatic rings. The van der Waals surface area contributed by atoms with Crippen LogP contribution in [-0.4, -0.2) is 17.7 Å². The highest BCUT2D eigenvalue weighted by molar-refractivity contribution is 7.81. The van der Waals surface area contributed by atoms with Gasteiger partial charge < -0.3 is 4.90 Å². The molecule has 16 heavy (non-hydrogen) atoms. The molecule has 1 saturated heterocycles. The van der Waals surface area contributed by atoms with Gasteiger partial charge in [-0.05, 0) is 31.0 Å². The third-order valence-corrected chi connectivity index (χ3v) is 3.41. The van der Waals surface area contributed by atoms with Gasteiger partial charge in [-0.25, -0.2) is 0 Å². The summed E-state index contributed by atoms with van der Waals surface area (Å²) in [6.45, 7) is 4.62. The molecule has 1 amide bonds. The summed E-state index contributed by atoms with van der Waals surface area (Å²) in [6.07, 6.45) is 0.493. The number of rotatable bonds is 1. The van der Waals surface area contributed by atoms with Gasteiger partial charge >= 0.3 is 0 Å². The van der Waals surface area contributed by atoms with Crippen molar-refractivity contribution in [2.24, 2.45) is 0 Å². The van der Waals surface area contributed by atoms with Gasteiger partial charge in [-0.2, -0.15) is 12.6 Å². The quantitative estimate of drug-likeness (QED) is 0.765. The van der Waals surface area contributed by atoms with Crippen molar-refractivity contribution in [1.82, 2.24) is 0 Å². The third kappa shape index (κ3) is 2.06. The summed E-state index contributed by atoms with van der Waals surface area (Å²) < 4.78 is 0. The Morgan fingerprint density at radius 2 is 2.12 bits per heavy atom. The Kier molecular flexibility index (Phi) is 3.17. The number of thiol groups is 1. The van der Waals surface area contributed by atoms with E-state index < -0.39 is 0 Å². The van der Waals surface area contributed by atoms with Crippen LogP contribution in [0.3, 0.4) is 0 Å². The van der Waals surface area contributed by atoms with Crippen LogP contribution in [0.5, 0.6) is 0 Å². The van der Waals surface area contributed by atoms with Crippen molar-refractivity contribution in [1.29, 1.82) is 0 Å². The number of hydrogen-bond donors (Lipinski definition) is 1. The molecule has 2 nitrogen and oxygen atoms in total. The fraction of sp³-hybridized carbons (Fsp3) is 0.417. The van der Waals surface area contributed by atoms with E-state index in [0.29, 0.717) is 18.0 Å². The molecule has 0 bridgehead atoms. The number of carbonyl (C=O) groups is 1. The van der Waals surface area contributed by atoms with Crippen LogP contribution in [0.4, 0.5) is 5.69 Å². The van der Waals surface area contributed by atoms with E-state index in [2.05, 4.69) is 12.6 Å². The number of amides is 1. The maximum absolute atomic E-state index is 11.8. The second kappa shape index (κ2) is 4.30. The lowest BCUT2D eigenvalue weighted by molar-refractivity contribution is -0.117. The van der Waals surface area contributed by atoms with Crippen LogP contribution in [0.25, 0.3) is 0 Å². The van der Waals surface area contributed by atoms with Gasteiger partial charge in [0.05, 0.1) is 10.7 Å². The van der Waals surface area contributed by atoms with Crippen molar-refractivity contribution in [3.63, 3.8) is 0 Å². The minimum absolute atomic E-state index is 0.105. The molecule has 1 atom stereocenters. The van der Waals surface area contributed by atoms with Crippen LogP contribution in [0, 0.1) is 13.8 Å². The molecule has 1 aliphatic heterocycles. The normalized spacial score (nSPS) is 20.6. The second-order valence-corrected chi connectivity index (χ2v) is 5.41. The van der Waals surface area contributed by atoms with E-state index in [0.717, 1.165) is 16.8 Å². The van der Waals surface area contributed by atoms with Gasteiger partial charge in [0.25, 0.3) is 0 Å². The van der Waals surface area contributed by atoms with Gasteiger partial charge in [0.15, 0.2) is 0 Å². The minimum atomic E-state index is 0.105. The van der Waals surface area contributed by atoms with Crippen molar-refractivity contribution >= 4 is 35.8 Å². The number of hydrogen-bond acceptors (Lipinski definition) is 2. The van der Waals surface area contributed by atoms with Crippen LogP contribution in [-0.2, 0) is 4.79 Å². The highest BCUT2D eigenvalue weighted by Crippen LogP contribution is 2.34. The predicted octanol–water partition coefficient (Wildman–Crippen LogP) is 2.99. The molecule has 0 saturated carbocycles. The largest absolute Gasteiger partial charge is 0.310 e. The van der Waals surface area contributed by atoms with Crippen LogP contribution < -0.4 is 4.90 Å². The van der Waals surface area contributed by atoms with E-state index in [1.165, 1.54) is 0 Å². The zero-order chi connectivity index (χ0) is 11.9. The topological polar surface area (TPSA) is 20.3 Å². The van der Waals surface area contributed by atoms with Gasteiger partial charge in [0.1, 0.15) is 0 Å². The summed E-state index contributed by atoms with van der Waals surface area (Å²) in [5, 5.41) is 0.762. The van der Waals surface area contributed by atoms with Gasteiger partial charge in [-0.15, -0.1) is 0 Å². The lowest BCUT2D eigenvalue weighted by atomic mass is 10.1. The van der Waals surface area contributed by atoms with Gasteiger partial charge in [0, 0.05) is 18.2 Å². The molecule has 2 rings (SSSR count). The first-order valence-electron chi connectivity index (χ1n) is 5.24. The summed E-state index contributed by atoms with van der Waals surface area (Å²) in [5.41, 5.74) is 3.00. The first-order chi connectivity index (χ1) is 7.49. The number of benzene rings is 1. The van der Waals surface area contributed by atoms with Gasteiger partial charge in [0.2, 0.25) is 5.91 Å². The highest BCUT2D eigenvalue weighted by atomic mass is 35.5. The maximum atomic E-state index is 11.8. The van der Waals surface area contributed by atoms with Crippen molar-refractivity contribution in [3.8, 4) is 0 Å². The fourth-order valence-corrected chi connectivity index (χ4v) is 2.90. The summed E-state index contributed by atoms with van der Waals surface area (Å²) >= 11 is 10.6. The molecule has 1 unspecified atom stereocenters. The van der Waals surface area contributed by atoms with E-state index in [1.807, 2.05) is 26.0 Å². The lowest BCUT2D eigenvalue weighted by Crippen LogP contribution is -2.25. The summed E-state index contributed by atoms with van der Waals surface area (Å²) in [4.78, 5) is 13.5. The van der Waals surface area contributed by atoms with Crippen LogP contribution >= 0.6 is 24.2 Å². The molecule has 1 aromatic rings. The maximum Gasteiger partial charge on any atom is 0.228 e. The number of halogens is 1. The molecule has 0 aromatic heterocycles.